The molecule has 2 N–H and O–H groups in total. The standard InChI is InChI=1S/C47H71O8P/c1-3-5-7-9-11-13-15-17-19-21-23-25-27-29-31-33-35-37-39-41-46(48)53-43-45(44-54-56(50,51)52)55-47(49)42-40-38-36-34-32-30-28-26-24-22-20-18-16-14-12-10-8-6-4-2/h5-8,11-14,17-20,23-26,29-32,36,38,45H,3-4,9-10,15-16,21-22,27-28,33-35,37,39-44H2,1-2H3,(H2,50,51,52)/b7-5+,8-6+,13-11+,14-12+,19-17+,20-18+,25-23+,26-24+,31-29+,32-30+,38-36+/t45-/m1/s1. The summed E-state index contributed by atoms with van der Waals surface area (Å²) in [5.74, 6) is -1.04. The van der Waals surface area contributed by atoms with Crippen molar-refractivity contribution in [3.05, 3.63) is 134 Å². The lowest BCUT2D eigenvalue weighted by atomic mass is 10.1. The largest absolute Gasteiger partial charge is 0.469 e. The van der Waals surface area contributed by atoms with Crippen LogP contribution in [-0.2, 0) is 28.2 Å². The van der Waals surface area contributed by atoms with E-state index in [9.17, 15) is 14.2 Å². The van der Waals surface area contributed by atoms with Crippen LogP contribution in [0.1, 0.15) is 129 Å². The van der Waals surface area contributed by atoms with E-state index >= 15 is 0 Å². The Morgan fingerprint density at radius 3 is 1.23 bits per heavy atom. The van der Waals surface area contributed by atoms with Crippen molar-refractivity contribution < 1.29 is 37.9 Å². The van der Waals surface area contributed by atoms with Gasteiger partial charge in [0.2, 0.25) is 0 Å². The van der Waals surface area contributed by atoms with Gasteiger partial charge in [-0.25, -0.2) is 4.57 Å². The SMILES string of the molecule is CC/C=C/C/C=C/C/C=C/C/C=C/C/C=C/C/C=C/CCC(=O)O[C@H](COC(=O)CCCCC/C=C/C/C=C/C/C=C/C/C=C/C/C=C/CC)COP(=O)(O)O. The summed E-state index contributed by atoms with van der Waals surface area (Å²) >= 11 is 0. The Labute approximate surface area is 339 Å². The van der Waals surface area contributed by atoms with Gasteiger partial charge in [-0.15, -0.1) is 0 Å². The van der Waals surface area contributed by atoms with E-state index in [1.807, 2.05) is 12.2 Å². The molecule has 8 nitrogen and oxygen atoms in total. The number of carbonyl (C=O) groups is 2. The lowest BCUT2D eigenvalue weighted by Gasteiger charge is -2.18. The van der Waals surface area contributed by atoms with E-state index in [-0.39, 0.29) is 19.4 Å². The second-order valence-electron chi connectivity index (χ2n) is 12.8. The van der Waals surface area contributed by atoms with Crippen LogP contribution in [0.25, 0.3) is 0 Å². The molecule has 0 aromatic carbocycles. The van der Waals surface area contributed by atoms with Crippen LogP contribution in [0.5, 0.6) is 0 Å². The molecule has 0 saturated heterocycles. The molecule has 0 saturated carbocycles. The number of phosphoric ester groups is 1. The van der Waals surface area contributed by atoms with Crippen molar-refractivity contribution in [2.75, 3.05) is 13.2 Å². The molecule has 0 spiro atoms. The van der Waals surface area contributed by atoms with Crippen LogP contribution in [0.2, 0.25) is 0 Å². The number of unbranched alkanes of at least 4 members (excludes halogenated alkanes) is 3. The van der Waals surface area contributed by atoms with Crippen LogP contribution in [0, 0.1) is 0 Å². The van der Waals surface area contributed by atoms with E-state index in [4.69, 9.17) is 19.3 Å². The van der Waals surface area contributed by atoms with Gasteiger partial charge in [-0.1, -0.05) is 154 Å². The molecule has 0 rings (SSSR count). The van der Waals surface area contributed by atoms with Gasteiger partial charge in [-0.2, -0.15) is 0 Å². The average Bonchev–Trinajstić information content (AvgIpc) is 3.17. The molecule has 9 heteroatoms. The molecule has 0 unspecified atom stereocenters. The lowest BCUT2D eigenvalue weighted by molar-refractivity contribution is -0.161. The normalized spacial score (nSPS) is 13.9. The monoisotopic (exact) mass is 794 g/mol. The van der Waals surface area contributed by atoms with Crippen molar-refractivity contribution in [2.24, 2.45) is 0 Å². The Morgan fingerprint density at radius 1 is 0.464 bits per heavy atom. The molecule has 0 radical (unpaired) electrons. The molecule has 0 aliphatic rings. The van der Waals surface area contributed by atoms with Crippen molar-refractivity contribution in [3.63, 3.8) is 0 Å². The zero-order valence-corrected chi connectivity index (χ0v) is 35.1. The van der Waals surface area contributed by atoms with E-state index < -0.39 is 32.5 Å². The zero-order valence-electron chi connectivity index (χ0n) is 34.2. The van der Waals surface area contributed by atoms with Crippen LogP contribution in [0.3, 0.4) is 0 Å². The highest BCUT2D eigenvalue weighted by atomic mass is 31.2. The van der Waals surface area contributed by atoms with E-state index in [1.54, 1.807) is 0 Å². The second kappa shape index (κ2) is 40.8. The smallest absolute Gasteiger partial charge is 0.462 e. The first-order valence-corrected chi connectivity index (χ1v) is 22.0. The maximum atomic E-state index is 12.4. The molecule has 0 aromatic heterocycles. The highest BCUT2D eigenvalue weighted by molar-refractivity contribution is 7.46. The topological polar surface area (TPSA) is 119 Å². The summed E-state index contributed by atoms with van der Waals surface area (Å²) in [5.41, 5.74) is 0. The minimum atomic E-state index is -4.79. The third kappa shape index (κ3) is 42.9. The predicted octanol–water partition coefficient (Wildman–Crippen LogP) is 12.7. The van der Waals surface area contributed by atoms with Crippen molar-refractivity contribution >= 4 is 19.8 Å². The molecule has 56 heavy (non-hydrogen) atoms. The number of allylic oxidation sites excluding steroid dienone is 22. The Hall–Kier alpha value is -3.81. The van der Waals surface area contributed by atoms with Crippen molar-refractivity contribution in [2.45, 2.75) is 136 Å². The number of hydrogen-bond donors (Lipinski definition) is 2. The molecule has 0 fully saturated rings. The summed E-state index contributed by atoms with van der Waals surface area (Å²) in [6, 6.07) is 0. The molecule has 0 amide bonds. The number of carbonyl (C=O) groups excluding carboxylic acids is 2. The van der Waals surface area contributed by atoms with Gasteiger partial charge >= 0.3 is 19.8 Å². The summed E-state index contributed by atoms with van der Waals surface area (Å²) in [4.78, 5) is 42.8. The molecule has 0 heterocycles. The number of rotatable bonds is 35. The Balaban J connectivity index is 4.17. The van der Waals surface area contributed by atoms with Crippen LogP contribution in [-0.4, -0.2) is 41.0 Å². The van der Waals surface area contributed by atoms with E-state index in [0.29, 0.717) is 12.8 Å². The molecule has 0 aromatic rings. The lowest BCUT2D eigenvalue weighted by Crippen LogP contribution is -2.29. The first kappa shape index (κ1) is 52.2. The van der Waals surface area contributed by atoms with E-state index in [0.717, 1.165) is 89.9 Å². The maximum absolute atomic E-state index is 12.4. The van der Waals surface area contributed by atoms with Gasteiger partial charge in [0.1, 0.15) is 6.61 Å². The fraction of sp³-hybridized carbons (Fsp3) is 0.489. The van der Waals surface area contributed by atoms with Crippen LogP contribution in [0.4, 0.5) is 0 Å². The molecular weight excluding hydrogens is 723 g/mol. The first-order chi connectivity index (χ1) is 27.3. The summed E-state index contributed by atoms with van der Waals surface area (Å²) in [7, 11) is -4.79. The highest BCUT2D eigenvalue weighted by Crippen LogP contribution is 2.35. The van der Waals surface area contributed by atoms with Gasteiger partial charge in [-0.05, 0) is 96.3 Å². The second-order valence-corrected chi connectivity index (χ2v) is 14.1. The van der Waals surface area contributed by atoms with Crippen LogP contribution < -0.4 is 0 Å². The quantitative estimate of drug-likeness (QED) is 0.0282. The van der Waals surface area contributed by atoms with Gasteiger partial charge in [0.05, 0.1) is 6.61 Å². The number of ether oxygens (including phenoxy) is 2. The van der Waals surface area contributed by atoms with Crippen LogP contribution in [0.15, 0.2) is 134 Å². The van der Waals surface area contributed by atoms with Crippen molar-refractivity contribution in [1.82, 2.24) is 0 Å². The fourth-order valence-electron chi connectivity index (χ4n) is 4.72. The summed E-state index contributed by atoms with van der Waals surface area (Å²) in [6.07, 6.45) is 60.4. The summed E-state index contributed by atoms with van der Waals surface area (Å²) in [6.45, 7) is 3.34. The average molecular weight is 795 g/mol. The fourth-order valence-corrected chi connectivity index (χ4v) is 5.08. The number of esters is 2. The van der Waals surface area contributed by atoms with Crippen molar-refractivity contribution in [3.8, 4) is 0 Å². The number of phosphoric acid groups is 1. The third-order valence-electron chi connectivity index (χ3n) is 7.68. The Bertz CT molecular complexity index is 1350. The molecule has 0 bridgehead atoms. The van der Waals surface area contributed by atoms with Gasteiger partial charge in [0.15, 0.2) is 6.10 Å². The molecule has 0 aliphatic heterocycles. The van der Waals surface area contributed by atoms with Gasteiger partial charge in [0, 0.05) is 12.8 Å². The van der Waals surface area contributed by atoms with Gasteiger partial charge in [0.25, 0.3) is 0 Å². The number of hydrogen-bond acceptors (Lipinski definition) is 6. The molecule has 1 atom stereocenters. The van der Waals surface area contributed by atoms with Crippen LogP contribution >= 0.6 is 7.82 Å². The minimum absolute atomic E-state index is 0.0699. The maximum Gasteiger partial charge on any atom is 0.469 e. The Morgan fingerprint density at radius 2 is 0.839 bits per heavy atom. The minimum Gasteiger partial charge on any atom is -0.462 e. The molecule has 312 valence electrons. The summed E-state index contributed by atoms with van der Waals surface area (Å²) < 4.78 is 26.3. The van der Waals surface area contributed by atoms with Gasteiger partial charge in [-0.3, -0.25) is 14.1 Å². The van der Waals surface area contributed by atoms with Crippen molar-refractivity contribution in [1.29, 1.82) is 0 Å². The van der Waals surface area contributed by atoms with E-state index in [2.05, 4.69) is 140 Å². The van der Waals surface area contributed by atoms with Gasteiger partial charge < -0.3 is 19.3 Å². The van der Waals surface area contributed by atoms with E-state index in [1.165, 1.54) is 0 Å². The summed E-state index contributed by atoms with van der Waals surface area (Å²) in [5, 5.41) is 0. The Kier molecular flexibility index (Phi) is 38.1. The molecular formula is C47H71O8P. The molecule has 0 aliphatic carbocycles. The predicted molar refractivity (Wildman–Crippen MR) is 234 cm³/mol. The highest BCUT2D eigenvalue weighted by Gasteiger charge is 2.22. The third-order valence-corrected chi connectivity index (χ3v) is 8.16. The first-order valence-electron chi connectivity index (χ1n) is 20.5. The zero-order chi connectivity index (χ0) is 41.1.